The highest BCUT2D eigenvalue weighted by molar-refractivity contribution is 5.41. The predicted octanol–water partition coefficient (Wildman–Crippen LogP) is -0.560. The van der Waals surface area contributed by atoms with Crippen molar-refractivity contribution in [1.29, 1.82) is 0 Å². The van der Waals surface area contributed by atoms with Crippen LogP contribution in [0, 0.1) is 0 Å². The maximum atomic E-state index is 11.2. The zero-order valence-electron chi connectivity index (χ0n) is 7.96. The van der Waals surface area contributed by atoms with Gasteiger partial charge in [-0.2, -0.15) is 0 Å². The van der Waals surface area contributed by atoms with Gasteiger partial charge in [-0.3, -0.25) is 14.4 Å². The first kappa shape index (κ1) is 10.4. The van der Waals surface area contributed by atoms with E-state index in [2.05, 4.69) is 0 Å². The molecule has 5 nitrogen and oxygen atoms in total. The maximum Gasteiger partial charge on any atom is 0.280 e. The molecule has 1 aromatic carbocycles. The Morgan fingerprint density at radius 2 is 1.14 bits per heavy atom. The Labute approximate surface area is 79.6 Å². The topological polar surface area (TPSA) is 69.7 Å². The van der Waals surface area contributed by atoms with Gasteiger partial charge in [0, 0.05) is 0 Å². The van der Waals surface area contributed by atoms with Gasteiger partial charge in [-0.1, -0.05) is 0 Å². The smallest absolute Gasteiger partial charge is 0.280 e. The van der Waals surface area contributed by atoms with Crippen molar-refractivity contribution in [3.05, 3.63) is 30.7 Å². The quantitative estimate of drug-likeness (QED) is 0.606. The lowest BCUT2D eigenvalue weighted by molar-refractivity contribution is 0.287. The molecule has 0 heterocycles. The highest BCUT2D eigenvalue weighted by Crippen LogP contribution is 2.16. The molecule has 0 saturated heterocycles. The van der Waals surface area contributed by atoms with E-state index >= 15 is 0 Å². The van der Waals surface area contributed by atoms with Crippen LogP contribution in [0.5, 0.6) is 11.5 Å². The number of ether oxygens (including phenoxy) is 2. The predicted molar refractivity (Wildman–Crippen MR) is 50.0 cm³/mol. The summed E-state index contributed by atoms with van der Waals surface area (Å²) in [6.07, 6.45) is 0. The standard InChI is InChI=1S/C9H10O5/c1-3-13-8-6(11)5(10)7(12)9(8)14-4-2/h3-4H2,1-2H3. The van der Waals surface area contributed by atoms with Gasteiger partial charge < -0.3 is 9.47 Å². The van der Waals surface area contributed by atoms with Crippen molar-refractivity contribution < 1.29 is 9.47 Å². The molecule has 0 unspecified atom stereocenters. The van der Waals surface area contributed by atoms with Gasteiger partial charge in [0.25, 0.3) is 16.3 Å². The first-order chi connectivity index (χ1) is 6.63. The van der Waals surface area contributed by atoms with Crippen molar-refractivity contribution in [1.82, 2.24) is 0 Å². The molecule has 0 aromatic heterocycles. The molecular formula is C9H10O5. The van der Waals surface area contributed by atoms with Crippen LogP contribution in [-0.2, 0) is 0 Å². The van der Waals surface area contributed by atoms with Gasteiger partial charge >= 0.3 is 0 Å². The van der Waals surface area contributed by atoms with Crippen LogP contribution in [0.15, 0.2) is 14.4 Å². The molecule has 0 aliphatic rings. The van der Waals surface area contributed by atoms with E-state index in [-0.39, 0.29) is 24.7 Å². The van der Waals surface area contributed by atoms with Crippen molar-refractivity contribution in [2.45, 2.75) is 13.8 Å². The molecule has 0 saturated carbocycles. The molecule has 0 amide bonds. The molecule has 0 spiro atoms. The van der Waals surface area contributed by atoms with Gasteiger partial charge in [0.1, 0.15) is 0 Å². The summed E-state index contributed by atoms with van der Waals surface area (Å²) in [5, 5.41) is 0. The van der Waals surface area contributed by atoms with Crippen LogP contribution >= 0.6 is 0 Å². The van der Waals surface area contributed by atoms with E-state index < -0.39 is 16.3 Å². The monoisotopic (exact) mass is 198 g/mol. The average molecular weight is 198 g/mol. The van der Waals surface area contributed by atoms with Crippen LogP contribution in [0.2, 0.25) is 0 Å². The zero-order chi connectivity index (χ0) is 10.7. The SMILES string of the molecule is CCOc1c(OCC)c(=O)c(=O)c1=O. The minimum Gasteiger partial charge on any atom is -0.486 e. The Balaban J connectivity index is 3.38. The Morgan fingerprint density at radius 3 is 1.43 bits per heavy atom. The minimum atomic E-state index is -1.09. The van der Waals surface area contributed by atoms with Gasteiger partial charge in [-0.25, -0.2) is 0 Å². The molecule has 0 aliphatic carbocycles. The third kappa shape index (κ3) is 1.53. The largest absolute Gasteiger partial charge is 0.486 e. The fourth-order valence-electron chi connectivity index (χ4n) is 1.07. The summed E-state index contributed by atoms with van der Waals surface area (Å²) in [5.41, 5.74) is -2.92. The van der Waals surface area contributed by atoms with E-state index in [1.165, 1.54) is 0 Å². The van der Waals surface area contributed by atoms with Crippen molar-refractivity contribution in [2.24, 2.45) is 0 Å². The molecule has 0 N–H and O–H groups in total. The Kier molecular flexibility index (Phi) is 3.01. The Morgan fingerprint density at radius 1 is 0.786 bits per heavy atom. The summed E-state index contributed by atoms with van der Waals surface area (Å²) in [6.45, 7) is 3.71. The molecule has 5 heteroatoms. The van der Waals surface area contributed by atoms with Crippen LogP contribution in [0.25, 0.3) is 0 Å². The van der Waals surface area contributed by atoms with Gasteiger partial charge in [0.2, 0.25) is 11.5 Å². The Hall–Kier alpha value is -1.65. The van der Waals surface area contributed by atoms with Crippen molar-refractivity contribution in [2.75, 3.05) is 13.2 Å². The van der Waals surface area contributed by atoms with E-state index in [1.807, 2.05) is 0 Å². The van der Waals surface area contributed by atoms with Crippen LogP contribution < -0.4 is 25.8 Å². The summed E-state index contributed by atoms with van der Waals surface area (Å²) in [5.74, 6) is -0.520. The number of hydrogen-bond donors (Lipinski definition) is 0. The molecule has 0 atom stereocenters. The first-order valence-electron chi connectivity index (χ1n) is 4.26. The molecule has 0 aliphatic heterocycles. The molecule has 0 fully saturated rings. The molecule has 1 rings (SSSR count). The van der Waals surface area contributed by atoms with E-state index in [1.54, 1.807) is 13.8 Å². The first-order valence-corrected chi connectivity index (χ1v) is 4.26. The average Bonchev–Trinajstić information content (AvgIpc) is 2.36. The molecule has 76 valence electrons. The van der Waals surface area contributed by atoms with Crippen molar-refractivity contribution in [3.8, 4) is 11.5 Å². The molecule has 1 aromatic rings. The van der Waals surface area contributed by atoms with Gasteiger partial charge in [-0.05, 0) is 13.8 Å². The lowest BCUT2D eigenvalue weighted by atomic mass is 10.5. The maximum absolute atomic E-state index is 11.2. The van der Waals surface area contributed by atoms with Crippen LogP contribution in [0.1, 0.15) is 13.8 Å². The third-order valence-corrected chi connectivity index (χ3v) is 1.61. The van der Waals surface area contributed by atoms with E-state index in [9.17, 15) is 14.4 Å². The van der Waals surface area contributed by atoms with Crippen LogP contribution in [0.4, 0.5) is 0 Å². The van der Waals surface area contributed by atoms with E-state index in [0.717, 1.165) is 0 Å². The molecule has 0 radical (unpaired) electrons. The van der Waals surface area contributed by atoms with Gasteiger partial charge in [0.15, 0.2) is 0 Å². The molecular weight excluding hydrogens is 188 g/mol. The lowest BCUT2D eigenvalue weighted by Gasteiger charge is -2.02. The van der Waals surface area contributed by atoms with E-state index in [4.69, 9.17) is 9.47 Å². The zero-order valence-corrected chi connectivity index (χ0v) is 7.96. The molecule has 0 bridgehead atoms. The van der Waals surface area contributed by atoms with Crippen LogP contribution in [0.3, 0.4) is 0 Å². The lowest BCUT2D eigenvalue weighted by Crippen LogP contribution is -2.30. The van der Waals surface area contributed by atoms with Gasteiger partial charge in [-0.15, -0.1) is 0 Å². The highest BCUT2D eigenvalue weighted by Gasteiger charge is 2.21. The fraction of sp³-hybridized carbons (Fsp3) is 0.444. The summed E-state index contributed by atoms with van der Waals surface area (Å²) in [6, 6.07) is 0. The third-order valence-electron chi connectivity index (χ3n) is 1.61. The highest BCUT2D eigenvalue weighted by atomic mass is 16.5. The fourth-order valence-corrected chi connectivity index (χ4v) is 1.07. The van der Waals surface area contributed by atoms with Crippen molar-refractivity contribution >= 4 is 0 Å². The second kappa shape index (κ2) is 4.04. The Bertz CT molecular complexity index is 412. The second-order valence-corrected chi connectivity index (χ2v) is 2.51. The number of rotatable bonds is 4. The van der Waals surface area contributed by atoms with Gasteiger partial charge in [0.05, 0.1) is 13.2 Å². The summed E-state index contributed by atoms with van der Waals surface area (Å²) in [7, 11) is 0. The summed E-state index contributed by atoms with van der Waals surface area (Å²) in [4.78, 5) is 33.3. The second-order valence-electron chi connectivity index (χ2n) is 2.51. The summed E-state index contributed by atoms with van der Waals surface area (Å²) < 4.78 is 9.77. The number of hydrogen-bond acceptors (Lipinski definition) is 5. The minimum absolute atomic E-state index is 0.207. The summed E-state index contributed by atoms with van der Waals surface area (Å²) >= 11 is 0. The normalized spacial score (nSPS) is 10.1. The van der Waals surface area contributed by atoms with Crippen LogP contribution in [-0.4, -0.2) is 13.2 Å². The van der Waals surface area contributed by atoms with Crippen molar-refractivity contribution in [3.63, 3.8) is 0 Å². The molecule has 14 heavy (non-hydrogen) atoms. The van der Waals surface area contributed by atoms with E-state index in [0.29, 0.717) is 0 Å².